The lowest BCUT2D eigenvalue weighted by molar-refractivity contribution is 0.0951. The first-order valence-electron chi connectivity index (χ1n) is 5.14. The number of nitrogens with one attached hydrogen (secondary N) is 2. The Kier molecular flexibility index (Phi) is 4.14. The van der Waals surface area contributed by atoms with E-state index in [1.54, 1.807) is 11.3 Å². The Bertz CT molecular complexity index is 544. The molecule has 0 aromatic carbocycles. The van der Waals surface area contributed by atoms with Crippen LogP contribution in [0.1, 0.15) is 15.2 Å². The maximum Gasteiger partial charge on any atom is 0.251 e. The minimum atomic E-state index is -0.218. The van der Waals surface area contributed by atoms with Gasteiger partial charge in [0.2, 0.25) is 0 Å². The number of hydrazine groups is 1. The van der Waals surface area contributed by atoms with Crippen LogP contribution in [0, 0.1) is 0 Å². The fraction of sp³-hybridized carbons (Fsp3) is 0.0909. The maximum absolute atomic E-state index is 11.9. The maximum atomic E-state index is 11.9. The second kappa shape index (κ2) is 5.81. The van der Waals surface area contributed by atoms with E-state index in [1.807, 2.05) is 17.5 Å². The minimum absolute atomic E-state index is 0.215. The van der Waals surface area contributed by atoms with Crippen LogP contribution in [0.25, 0.3) is 0 Å². The molecule has 0 bridgehead atoms. The molecular formula is C11H11ClN4OS. The molecule has 5 nitrogen and oxygen atoms in total. The topological polar surface area (TPSA) is 80.0 Å². The number of nitrogens with zero attached hydrogens (tertiary/aromatic N) is 1. The van der Waals surface area contributed by atoms with Crippen molar-refractivity contribution in [1.82, 2.24) is 10.3 Å². The summed E-state index contributed by atoms with van der Waals surface area (Å²) in [6, 6.07) is 6.92. The van der Waals surface area contributed by atoms with Crippen molar-refractivity contribution in [2.75, 3.05) is 5.43 Å². The summed E-state index contributed by atoms with van der Waals surface area (Å²) in [5, 5.41) is 4.97. The number of aromatic nitrogens is 1. The number of nitrogens with two attached hydrogens (primary N) is 1. The number of amides is 1. The van der Waals surface area contributed by atoms with Crippen molar-refractivity contribution in [2.24, 2.45) is 5.84 Å². The van der Waals surface area contributed by atoms with Crippen LogP contribution < -0.4 is 16.6 Å². The zero-order valence-electron chi connectivity index (χ0n) is 9.31. The molecule has 0 atom stereocenters. The molecule has 0 unspecified atom stereocenters. The van der Waals surface area contributed by atoms with Gasteiger partial charge in [0.15, 0.2) is 0 Å². The third kappa shape index (κ3) is 3.19. The van der Waals surface area contributed by atoms with E-state index in [9.17, 15) is 4.79 Å². The molecule has 94 valence electrons. The number of halogens is 1. The van der Waals surface area contributed by atoms with E-state index in [1.165, 1.54) is 12.1 Å². The molecule has 2 rings (SSSR count). The van der Waals surface area contributed by atoms with Crippen molar-refractivity contribution in [3.8, 4) is 0 Å². The first kappa shape index (κ1) is 12.8. The number of pyridine rings is 1. The van der Waals surface area contributed by atoms with Gasteiger partial charge in [-0.2, -0.15) is 0 Å². The van der Waals surface area contributed by atoms with E-state index in [0.717, 1.165) is 4.88 Å². The van der Waals surface area contributed by atoms with Gasteiger partial charge < -0.3 is 10.7 Å². The summed E-state index contributed by atoms with van der Waals surface area (Å²) in [5.74, 6) is 5.37. The quantitative estimate of drug-likeness (QED) is 0.455. The molecule has 0 aliphatic carbocycles. The second-order valence-electron chi connectivity index (χ2n) is 3.47. The number of anilines is 1. The average Bonchev–Trinajstić information content (AvgIpc) is 2.88. The molecule has 18 heavy (non-hydrogen) atoms. The molecule has 2 aromatic rings. The van der Waals surface area contributed by atoms with E-state index < -0.39 is 0 Å². The number of carbonyl (C=O) groups is 1. The van der Waals surface area contributed by atoms with Gasteiger partial charge in [0, 0.05) is 10.4 Å². The molecule has 0 saturated heterocycles. The van der Waals surface area contributed by atoms with Gasteiger partial charge in [0.1, 0.15) is 11.0 Å². The monoisotopic (exact) mass is 282 g/mol. The van der Waals surface area contributed by atoms with Crippen LogP contribution in [0.4, 0.5) is 5.82 Å². The Morgan fingerprint density at radius 3 is 3.00 bits per heavy atom. The summed E-state index contributed by atoms with van der Waals surface area (Å²) in [5.41, 5.74) is 2.78. The largest absolute Gasteiger partial charge is 0.347 e. The molecule has 0 spiro atoms. The van der Waals surface area contributed by atoms with Gasteiger partial charge in [-0.1, -0.05) is 17.7 Å². The summed E-state index contributed by atoms with van der Waals surface area (Å²) in [6.07, 6.45) is 0. The van der Waals surface area contributed by atoms with E-state index in [-0.39, 0.29) is 11.1 Å². The number of nitrogen functional groups attached to an aromatic ring is 1. The number of hydrogen-bond acceptors (Lipinski definition) is 5. The van der Waals surface area contributed by atoms with Crippen LogP contribution in [0.2, 0.25) is 5.15 Å². The van der Waals surface area contributed by atoms with Gasteiger partial charge in [0.25, 0.3) is 5.91 Å². The molecule has 1 amide bonds. The highest BCUT2D eigenvalue weighted by atomic mass is 35.5. The van der Waals surface area contributed by atoms with Crippen molar-refractivity contribution in [3.05, 3.63) is 45.2 Å². The third-order valence-electron chi connectivity index (χ3n) is 2.21. The molecule has 7 heteroatoms. The van der Waals surface area contributed by atoms with Crippen molar-refractivity contribution >= 4 is 34.7 Å². The Morgan fingerprint density at radius 2 is 2.33 bits per heavy atom. The molecule has 0 fully saturated rings. The molecule has 0 radical (unpaired) electrons. The van der Waals surface area contributed by atoms with Crippen molar-refractivity contribution in [3.63, 3.8) is 0 Å². The van der Waals surface area contributed by atoms with E-state index >= 15 is 0 Å². The van der Waals surface area contributed by atoms with E-state index in [0.29, 0.717) is 17.9 Å². The highest BCUT2D eigenvalue weighted by Crippen LogP contribution is 2.14. The van der Waals surface area contributed by atoms with Gasteiger partial charge in [-0.05, 0) is 23.6 Å². The average molecular weight is 283 g/mol. The highest BCUT2D eigenvalue weighted by Gasteiger charge is 2.09. The summed E-state index contributed by atoms with van der Waals surface area (Å²) in [6.45, 7) is 0.488. The fourth-order valence-corrected chi connectivity index (χ4v) is 2.24. The van der Waals surface area contributed by atoms with Crippen LogP contribution >= 0.6 is 22.9 Å². The van der Waals surface area contributed by atoms with Crippen molar-refractivity contribution < 1.29 is 4.79 Å². The molecule has 4 N–H and O–H groups in total. The highest BCUT2D eigenvalue weighted by molar-refractivity contribution is 7.09. The molecule has 0 aliphatic heterocycles. The van der Waals surface area contributed by atoms with Gasteiger partial charge >= 0.3 is 0 Å². The van der Waals surface area contributed by atoms with Gasteiger partial charge in [-0.15, -0.1) is 11.3 Å². The summed E-state index contributed by atoms with van der Waals surface area (Å²) in [4.78, 5) is 16.9. The van der Waals surface area contributed by atoms with E-state index in [4.69, 9.17) is 17.4 Å². The Labute approximate surface area is 113 Å². The normalized spacial score (nSPS) is 10.1. The van der Waals surface area contributed by atoms with Crippen LogP contribution in [0.3, 0.4) is 0 Å². The molecular weight excluding hydrogens is 272 g/mol. The van der Waals surface area contributed by atoms with Crippen LogP contribution in [-0.2, 0) is 6.54 Å². The summed E-state index contributed by atoms with van der Waals surface area (Å²) in [7, 11) is 0. The molecule has 0 saturated carbocycles. The lowest BCUT2D eigenvalue weighted by atomic mass is 10.2. The lowest BCUT2D eigenvalue weighted by Gasteiger charge is -2.06. The van der Waals surface area contributed by atoms with Crippen LogP contribution in [0.15, 0.2) is 29.6 Å². The van der Waals surface area contributed by atoms with Crippen molar-refractivity contribution in [1.29, 1.82) is 0 Å². The summed E-state index contributed by atoms with van der Waals surface area (Å²) >= 11 is 7.37. The third-order valence-corrected chi connectivity index (χ3v) is 3.28. The number of hydrogen-bond donors (Lipinski definition) is 3. The van der Waals surface area contributed by atoms with E-state index in [2.05, 4.69) is 15.7 Å². The second-order valence-corrected chi connectivity index (χ2v) is 4.89. The SMILES string of the molecule is NNc1cc(C(=O)NCc2cccs2)cc(Cl)n1. The number of carbonyl (C=O) groups excluding carboxylic acids is 1. The minimum Gasteiger partial charge on any atom is -0.347 e. The lowest BCUT2D eigenvalue weighted by Crippen LogP contribution is -2.23. The van der Waals surface area contributed by atoms with Gasteiger partial charge in [-0.25, -0.2) is 10.8 Å². The van der Waals surface area contributed by atoms with Gasteiger partial charge in [0.05, 0.1) is 6.54 Å². The molecule has 2 aromatic heterocycles. The fourth-order valence-electron chi connectivity index (χ4n) is 1.38. The van der Waals surface area contributed by atoms with Crippen molar-refractivity contribution in [2.45, 2.75) is 6.54 Å². The molecule has 2 heterocycles. The first-order valence-corrected chi connectivity index (χ1v) is 6.39. The van der Waals surface area contributed by atoms with Crippen LogP contribution in [-0.4, -0.2) is 10.9 Å². The Balaban J connectivity index is 2.06. The predicted molar refractivity (Wildman–Crippen MR) is 72.5 cm³/mol. The summed E-state index contributed by atoms with van der Waals surface area (Å²) < 4.78 is 0. The zero-order valence-corrected chi connectivity index (χ0v) is 10.9. The Morgan fingerprint density at radius 1 is 1.50 bits per heavy atom. The molecule has 0 aliphatic rings. The van der Waals surface area contributed by atoms with Gasteiger partial charge in [-0.3, -0.25) is 4.79 Å². The first-order chi connectivity index (χ1) is 8.69. The smallest absolute Gasteiger partial charge is 0.251 e. The van der Waals surface area contributed by atoms with Crippen LogP contribution in [0.5, 0.6) is 0 Å². The number of thiophene rings is 1. The predicted octanol–water partition coefficient (Wildman–Crippen LogP) is 2.01. The zero-order chi connectivity index (χ0) is 13.0. The Hall–Kier alpha value is -1.63. The standard InChI is InChI=1S/C11H11ClN4OS/c12-9-4-7(5-10(15-9)16-13)11(17)14-6-8-2-1-3-18-8/h1-5H,6,13H2,(H,14,17)(H,15,16). The number of rotatable bonds is 4.